The number of piperazine rings is 1. The number of thioether (sulfide) groups is 1. The lowest BCUT2D eigenvalue weighted by atomic mass is 9.99. The first-order valence-electron chi connectivity index (χ1n) is 19.8. The molecule has 1 aromatic heterocycles. The van der Waals surface area contributed by atoms with E-state index in [2.05, 4.69) is 52.9 Å². The predicted octanol–water partition coefficient (Wildman–Crippen LogP) is 7.62. The molecule has 8 rings (SSSR count). The third-order valence-electron chi connectivity index (χ3n) is 10.9. The molecule has 60 heavy (non-hydrogen) atoms. The fraction of sp³-hybridized carbons (Fsp3) is 0.273. The molecule has 1 atom stereocenters. The monoisotopic (exact) mass is 864 g/mol. The van der Waals surface area contributed by atoms with E-state index >= 15 is 0 Å². The number of aromatic nitrogens is 2. The number of nitro benzene ring substituents is 1. The number of aliphatic hydroxyl groups is 1. The summed E-state index contributed by atoms with van der Waals surface area (Å²) in [6, 6.07) is 35.6. The highest BCUT2D eigenvalue weighted by atomic mass is 35.5. The maximum absolute atomic E-state index is 13.8. The van der Waals surface area contributed by atoms with Gasteiger partial charge in [-0.2, -0.15) is 0 Å². The smallest absolute Gasteiger partial charge is 0.293 e. The predicted molar refractivity (Wildman–Crippen MR) is 239 cm³/mol. The number of β-amino-alcohol motifs (C(OH)–C–C–N with tert-alkyl or cyclic N) is 1. The summed E-state index contributed by atoms with van der Waals surface area (Å²) in [4.78, 5) is 28.2. The number of aliphatic hydroxyl groups excluding tert-OH is 1. The lowest BCUT2D eigenvalue weighted by Gasteiger charge is -2.36. The second-order valence-corrected chi connectivity index (χ2v) is 18.3. The molecule has 3 N–H and O–H groups in total. The number of sulfonamides is 1. The Balaban J connectivity index is 0.938. The van der Waals surface area contributed by atoms with Crippen molar-refractivity contribution in [3.8, 4) is 11.1 Å². The van der Waals surface area contributed by atoms with Gasteiger partial charge >= 0.3 is 0 Å². The van der Waals surface area contributed by atoms with Gasteiger partial charge in [0.25, 0.3) is 15.7 Å². The van der Waals surface area contributed by atoms with Gasteiger partial charge in [-0.1, -0.05) is 66.2 Å². The molecule has 2 aliphatic heterocycles. The average Bonchev–Trinajstić information content (AvgIpc) is 3.24. The first-order chi connectivity index (χ1) is 29.1. The van der Waals surface area contributed by atoms with Gasteiger partial charge in [-0.15, -0.1) is 11.8 Å². The first kappa shape index (κ1) is 41.4. The van der Waals surface area contributed by atoms with E-state index < -0.39 is 14.9 Å². The third-order valence-corrected chi connectivity index (χ3v) is 13.6. The fourth-order valence-electron chi connectivity index (χ4n) is 7.65. The zero-order valence-electron chi connectivity index (χ0n) is 32.7. The second kappa shape index (κ2) is 18.5. The zero-order valence-corrected chi connectivity index (χ0v) is 35.1. The highest BCUT2D eigenvalue weighted by Gasteiger charge is 2.27. The Morgan fingerprint density at radius 3 is 2.37 bits per heavy atom. The second-order valence-electron chi connectivity index (χ2n) is 15.1. The SMILES string of the molecule is O=[N+]([O-])c1cc(S(=O)(=O)Nc2ncnc3cc(N4CCN(Cc5cc(Cl)ccc5-c5ccccc5)CC4)ccc23)ccc1NC(CCN1CC(O)C1)CSc1ccccc1. The standard InChI is InChI=1S/C44H45ClN8O5S2/c45-33-11-14-39(31-7-3-1-4-8-31)32(23-33)26-50-19-21-52(22-20-50)35-12-15-40-42(24-35)46-30-47-44(40)49-60(57,58)38-13-16-41(43(25-38)53(55)56)48-34(17-18-51-27-36(54)28-51)29-59-37-9-5-2-6-10-37/h1-16,23-25,30,34,36,48,54H,17-22,26-29H2,(H,46,47,49). The van der Waals surface area contributed by atoms with E-state index in [-0.39, 0.29) is 34.2 Å². The maximum atomic E-state index is 13.8. The van der Waals surface area contributed by atoms with Crippen LogP contribution < -0.4 is 14.9 Å². The van der Waals surface area contributed by atoms with Crippen LogP contribution in [0, 0.1) is 10.1 Å². The average molecular weight is 865 g/mol. The van der Waals surface area contributed by atoms with Gasteiger partial charge in [0.1, 0.15) is 12.0 Å². The van der Waals surface area contributed by atoms with Gasteiger partial charge in [-0.3, -0.25) is 24.6 Å². The van der Waals surface area contributed by atoms with Crippen molar-refractivity contribution < 1.29 is 18.4 Å². The van der Waals surface area contributed by atoms with Gasteiger partial charge in [0.05, 0.1) is 21.4 Å². The molecule has 2 fully saturated rings. The van der Waals surface area contributed by atoms with Crippen molar-refractivity contribution in [2.45, 2.75) is 34.9 Å². The fourth-order valence-corrected chi connectivity index (χ4v) is 9.89. The number of halogens is 1. The Morgan fingerprint density at radius 2 is 1.63 bits per heavy atom. The van der Waals surface area contributed by atoms with E-state index in [0.717, 1.165) is 54.9 Å². The molecule has 310 valence electrons. The highest BCUT2D eigenvalue weighted by molar-refractivity contribution is 7.99. The van der Waals surface area contributed by atoms with Crippen LogP contribution in [0.1, 0.15) is 12.0 Å². The lowest BCUT2D eigenvalue weighted by Crippen LogP contribution is -2.51. The van der Waals surface area contributed by atoms with Crippen LogP contribution in [0.4, 0.5) is 22.9 Å². The normalized spacial score (nSPS) is 15.7. The van der Waals surface area contributed by atoms with Crippen LogP contribution in [0.25, 0.3) is 22.0 Å². The minimum absolute atomic E-state index is 0.0751. The summed E-state index contributed by atoms with van der Waals surface area (Å²) in [5.41, 5.74) is 4.90. The molecule has 2 aliphatic rings. The summed E-state index contributed by atoms with van der Waals surface area (Å²) >= 11 is 8.06. The molecule has 0 bridgehead atoms. The number of hydrogen-bond donors (Lipinski definition) is 3. The number of rotatable bonds is 16. The molecule has 0 saturated carbocycles. The number of likely N-dealkylation sites (tertiary alicyclic amines) is 1. The molecule has 1 unspecified atom stereocenters. The Kier molecular flexibility index (Phi) is 12.8. The van der Waals surface area contributed by atoms with Crippen LogP contribution >= 0.6 is 23.4 Å². The third kappa shape index (κ3) is 10.0. The summed E-state index contributed by atoms with van der Waals surface area (Å²) in [6.07, 6.45) is 1.65. The quantitative estimate of drug-likeness (QED) is 0.0498. The van der Waals surface area contributed by atoms with Crippen LogP contribution in [0.2, 0.25) is 5.02 Å². The first-order valence-corrected chi connectivity index (χ1v) is 22.6. The Bertz CT molecular complexity index is 2560. The van der Waals surface area contributed by atoms with Gasteiger partial charge in [-0.05, 0) is 77.7 Å². The number of fused-ring (bicyclic) bond motifs is 1. The molecule has 16 heteroatoms. The van der Waals surface area contributed by atoms with Gasteiger partial charge in [0, 0.05) is 91.2 Å². The Hall–Kier alpha value is -5.29. The molecule has 6 aromatic rings. The van der Waals surface area contributed by atoms with Crippen molar-refractivity contribution in [3.63, 3.8) is 0 Å². The van der Waals surface area contributed by atoms with Gasteiger partial charge < -0.3 is 15.3 Å². The minimum atomic E-state index is -4.29. The summed E-state index contributed by atoms with van der Waals surface area (Å²) in [5, 5.41) is 26.6. The minimum Gasteiger partial charge on any atom is -0.390 e. The van der Waals surface area contributed by atoms with E-state index in [9.17, 15) is 23.6 Å². The van der Waals surface area contributed by atoms with Crippen LogP contribution in [0.15, 0.2) is 131 Å². The van der Waals surface area contributed by atoms with Gasteiger partial charge in [0.2, 0.25) is 0 Å². The van der Waals surface area contributed by atoms with Crippen LogP contribution in [0.5, 0.6) is 0 Å². The van der Waals surface area contributed by atoms with Crippen molar-refractivity contribution in [2.24, 2.45) is 0 Å². The lowest BCUT2D eigenvalue weighted by molar-refractivity contribution is -0.384. The Morgan fingerprint density at radius 1 is 0.883 bits per heavy atom. The van der Waals surface area contributed by atoms with Gasteiger partial charge in [0.15, 0.2) is 5.82 Å². The zero-order chi connectivity index (χ0) is 41.6. The van der Waals surface area contributed by atoms with Crippen LogP contribution in [-0.2, 0) is 16.6 Å². The van der Waals surface area contributed by atoms with Crippen molar-refractivity contribution in [1.29, 1.82) is 0 Å². The number of benzene rings is 5. The number of nitrogens with zero attached hydrogens (tertiary/aromatic N) is 6. The number of nitro groups is 1. The topological polar surface area (TPSA) is 157 Å². The summed E-state index contributed by atoms with van der Waals surface area (Å²) in [7, 11) is -4.29. The van der Waals surface area contributed by atoms with Crippen LogP contribution in [-0.4, -0.2) is 102 Å². The molecular weight excluding hydrogens is 820 g/mol. The molecular formula is C44H45ClN8O5S2. The molecule has 0 amide bonds. The van der Waals surface area contributed by atoms with Crippen molar-refractivity contribution in [1.82, 2.24) is 19.8 Å². The van der Waals surface area contributed by atoms with E-state index in [1.165, 1.54) is 29.6 Å². The maximum Gasteiger partial charge on any atom is 0.293 e. The molecule has 5 aromatic carbocycles. The van der Waals surface area contributed by atoms with E-state index in [0.29, 0.717) is 47.7 Å². The molecule has 13 nitrogen and oxygen atoms in total. The number of hydrogen-bond acceptors (Lipinski definition) is 12. The number of nitrogens with one attached hydrogen (secondary N) is 2. The van der Waals surface area contributed by atoms with Gasteiger partial charge in [-0.25, -0.2) is 18.4 Å². The molecule has 3 heterocycles. The van der Waals surface area contributed by atoms with Crippen molar-refractivity contribution in [3.05, 3.63) is 142 Å². The summed E-state index contributed by atoms with van der Waals surface area (Å²) < 4.78 is 30.1. The Labute approximate surface area is 358 Å². The molecule has 0 spiro atoms. The van der Waals surface area contributed by atoms with E-state index in [4.69, 9.17) is 11.6 Å². The van der Waals surface area contributed by atoms with Crippen molar-refractivity contribution >= 4 is 67.2 Å². The van der Waals surface area contributed by atoms with Crippen molar-refractivity contribution in [2.75, 3.05) is 66.5 Å². The molecule has 0 radical (unpaired) electrons. The summed E-state index contributed by atoms with van der Waals surface area (Å²) in [6.45, 7) is 5.93. The van der Waals surface area contributed by atoms with Crippen LogP contribution in [0.3, 0.4) is 0 Å². The molecule has 0 aliphatic carbocycles. The van der Waals surface area contributed by atoms with E-state index in [1.54, 1.807) is 17.8 Å². The molecule has 2 saturated heterocycles. The highest BCUT2D eigenvalue weighted by Crippen LogP contribution is 2.33. The summed E-state index contributed by atoms with van der Waals surface area (Å²) in [5.74, 6) is 0.698. The largest absolute Gasteiger partial charge is 0.390 e. The number of anilines is 3. The van der Waals surface area contributed by atoms with E-state index in [1.807, 2.05) is 72.8 Å².